The molecule has 0 spiro atoms. The molecular weight excluding hydrogens is 244 g/mol. The van der Waals surface area contributed by atoms with E-state index in [-0.39, 0.29) is 12.5 Å². The molecule has 19 heavy (non-hydrogen) atoms. The van der Waals surface area contributed by atoms with Gasteiger partial charge < -0.3 is 15.8 Å². The van der Waals surface area contributed by atoms with Crippen molar-refractivity contribution in [3.8, 4) is 0 Å². The van der Waals surface area contributed by atoms with Crippen LogP contribution in [0.1, 0.15) is 25.8 Å². The third-order valence-corrected chi connectivity index (χ3v) is 2.56. The van der Waals surface area contributed by atoms with Gasteiger partial charge >= 0.3 is 6.09 Å². The van der Waals surface area contributed by atoms with E-state index in [1.54, 1.807) is 0 Å². The summed E-state index contributed by atoms with van der Waals surface area (Å²) in [4.78, 5) is 22.8. The molecule has 1 aromatic rings. The summed E-state index contributed by atoms with van der Waals surface area (Å²) >= 11 is 0. The molecule has 0 heterocycles. The molecule has 0 saturated carbocycles. The molecule has 0 aliphatic heterocycles. The third kappa shape index (κ3) is 5.90. The molecule has 1 rings (SSSR count). The van der Waals surface area contributed by atoms with E-state index >= 15 is 0 Å². The largest absolute Gasteiger partial charge is 0.445 e. The zero-order valence-corrected chi connectivity index (χ0v) is 11.3. The normalized spacial score (nSPS) is 11.9. The van der Waals surface area contributed by atoms with Gasteiger partial charge in [0.05, 0.1) is 0 Å². The van der Waals surface area contributed by atoms with Gasteiger partial charge in [0.15, 0.2) is 0 Å². The van der Waals surface area contributed by atoms with Gasteiger partial charge in [-0.2, -0.15) is 0 Å². The zero-order chi connectivity index (χ0) is 14.3. The Morgan fingerprint density at radius 1 is 1.26 bits per heavy atom. The first-order valence-corrected chi connectivity index (χ1v) is 6.25. The number of amides is 2. The first-order chi connectivity index (χ1) is 8.99. The minimum Gasteiger partial charge on any atom is -0.445 e. The minimum absolute atomic E-state index is 0.167. The quantitative estimate of drug-likeness (QED) is 0.822. The van der Waals surface area contributed by atoms with Crippen LogP contribution in [0.15, 0.2) is 30.3 Å². The molecule has 5 nitrogen and oxygen atoms in total. The summed E-state index contributed by atoms with van der Waals surface area (Å²) in [6, 6.07) is 8.63. The molecule has 104 valence electrons. The van der Waals surface area contributed by atoms with Crippen LogP contribution in [-0.2, 0) is 16.1 Å². The summed E-state index contributed by atoms with van der Waals surface area (Å²) in [6.07, 6.45) is -0.135. The number of carbonyl (C=O) groups excluding carboxylic acids is 2. The lowest BCUT2D eigenvalue weighted by Crippen LogP contribution is -2.45. The van der Waals surface area contributed by atoms with Crippen LogP contribution in [0.5, 0.6) is 0 Å². The average molecular weight is 264 g/mol. The molecule has 2 amide bonds. The molecule has 0 fully saturated rings. The maximum Gasteiger partial charge on any atom is 0.408 e. The Hall–Kier alpha value is -2.04. The molecule has 0 bridgehead atoms. The van der Waals surface area contributed by atoms with Gasteiger partial charge in [-0.05, 0) is 17.9 Å². The highest BCUT2D eigenvalue weighted by Crippen LogP contribution is 2.05. The fourth-order valence-corrected chi connectivity index (χ4v) is 1.62. The van der Waals surface area contributed by atoms with Crippen molar-refractivity contribution in [3.05, 3.63) is 35.9 Å². The smallest absolute Gasteiger partial charge is 0.408 e. The van der Waals surface area contributed by atoms with Crippen molar-refractivity contribution in [2.45, 2.75) is 32.9 Å². The van der Waals surface area contributed by atoms with Gasteiger partial charge in [-0.3, -0.25) is 4.79 Å². The number of alkyl carbamates (subject to hydrolysis) is 1. The Kier molecular flexibility index (Phi) is 5.85. The minimum atomic E-state index is -0.691. The first-order valence-electron chi connectivity index (χ1n) is 6.25. The Labute approximate surface area is 113 Å². The summed E-state index contributed by atoms with van der Waals surface area (Å²) in [6.45, 7) is 4.07. The van der Waals surface area contributed by atoms with E-state index < -0.39 is 18.0 Å². The Morgan fingerprint density at radius 3 is 2.42 bits per heavy atom. The molecule has 1 aromatic carbocycles. The highest BCUT2D eigenvalue weighted by atomic mass is 16.5. The second kappa shape index (κ2) is 7.41. The highest BCUT2D eigenvalue weighted by molar-refractivity contribution is 5.84. The second-order valence-electron chi connectivity index (χ2n) is 4.79. The molecule has 0 saturated heterocycles. The van der Waals surface area contributed by atoms with Crippen LogP contribution in [0.3, 0.4) is 0 Å². The predicted molar refractivity (Wildman–Crippen MR) is 72.2 cm³/mol. The molecule has 1 unspecified atom stereocenters. The van der Waals surface area contributed by atoms with E-state index in [9.17, 15) is 9.59 Å². The van der Waals surface area contributed by atoms with Gasteiger partial charge in [0.1, 0.15) is 12.6 Å². The van der Waals surface area contributed by atoms with E-state index in [1.807, 2.05) is 44.2 Å². The summed E-state index contributed by atoms with van der Waals surface area (Å²) in [7, 11) is 0. The molecular formula is C14H20N2O3. The number of hydrogen-bond donors (Lipinski definition) is 2. The van der Waals surface area contributed by atoms with Gasteiger partial charge in [-0.1, -0.05) is 44.2 Å². The third-order valence-electron chi connectivity index (χ3n) is 2.56. The maximum atomic E-state index is 11.6. The standard InChI is InChI=1S/C14H20N2O3/c1-10(2)8-12(13(15)17)16-14(18)19-9-11-6-4-3-5-7-11/h3-7,10,12H,8-9H2,1-2H3,(H2,15,17)(H,16,18). The number of nitrogens with two attached hydrogens (primary N) is 1. The molecule has 1 atom stereocenters. The van der Waals surface area contributed by atoms with Gasteiger partial charge in [0, 0.05) is 0 Å². The van der Waals surface area contributed by atoms with Crippen LogP contribution in [0.2, 0.25) is 0 Å². The molecule has 5 heteroatoms. The predicted octanol–water partition coefficient (Wildman–Crippen LogP) is 1.81. The summed E-state index contributed by atoms with van der Waals surface area (Å²) < 4.78 is 5.03. The second-order valence-corrected chi connectivity index (χ2v) is 4.79. The number of hydrogen-bond acceptors (Lipinski definition) is 3. The van der Waals surface area contributed by atoms with E-state index in [2.05, 4.69) is 5.32 Å². The van der Waals surface area contributed by atoms with Crippen LogP contribution in [-0.4, -0.2) is 18.0 Å². The Bertz CT molecular complexity index is 418. The Morgan fingerprint density at radius 2 is 1.89 bits per heavy atom. The number of benzene rings is 1. The van der Waals surface area contributed by atoms with Crippen LogP contribution < -0.4 is 11.1 Å². The van der Waals surface area contributed by atoms with Crippen LogP contribution in [0, 0.1) is 5.92 Å². The van der Waals surface area contributed by atoms with E-state index in [0.717, 1.165) is 5.56 Å². The van der Waals surface area contributed by atoms with Crippen LogP contribution in [0.25, 0.3) is 0 Å². The molecule has 0 radical (unpaired) electrons. The van der Waals surface area contributed by atoms with E-state index in [1.165, 1.54) is 0 Å². The summed E-state index contributed by atoms with van der Waals surface area (Å²) in [5.74, 6) is -0.294. The van der Waals surface area contributed by atoms with Crippen molar-refractivity contribution in [3.63, 3.8) is 0 Å². The summed E-state index contributed by atoms with van der Waals surface area (Å²) in [5, 5.41) is 2.48. The van der Waals surface area contributed by atoms with Crippen LogP contribution >= 0.6 is 0 Å². The van der Waals surface area contributed by atoms with E-state index in [0.29, 0.717) is 6.42 Å². The average Bonchev–Trinajstić information content (AvgIpc) is 2.36. The SMILES string of the molecule is CC(C)CC(NC(=O)OCc1ccccc1)C(N)=O. The Balaban J connectivity index is 2.42. The van der Waals surface area contributed by atoms with Gasteiger partial charge in [-0.25, -0.2) is 4.79 Å². The van der Waals surface area contributed by atoms with Gasteiger partial charge in [-0.15, -0.1) is 0 Å². The van der Waals surface area contributed by atoms with Crippen molar-refractivity contribution in [1.29, 1.82) is 0 Å². The first kappa shape index (κ1) is 15.0. The molecule has 0 aliphatic carbocycles. The van der Waals surface area contributed by atoms with Crippen molar-refractivity contribution >= 4 is 12.0 Å². The highest BCUT2D eigenvalue weighted by Gasteiger charge is 2.19. The lowest BCUT2D eigenvalue weighted by molar-refractivity contribution is -0.120. The number of carbonyl (C=O) groups is 2. The van der Waals surface area contributed by atoms with Gasteiger partial charge in [0.2, 0.25) is 5.91 Å². The number of ether oxygens (including phenoxy) is 1. The summed E-state index contributed by atoms with van der Waals surface area (Å²) in [5.41, 5.74) is 6.12. The number of primary amides is 1. The lowest BCUT2D eigenvalue weighted by Gasteiger charge is -2.17. The monoisotopic (exact) mass is 264 g/mol. The van der Waals surface area contributed by atoms with E-state index in [4.69, 9.17) is 10.5 Å². The fraction of sp³-hybridized carbons (Fsp3) is 0.429. The van der Waals surface area contributed by atoms with Crippen LogP contribution in [0.4, 0.5) is 4.79 Å². The number of nitrogens with one attached hydrogen (secondary N) is 1. The molecule has 0 aromatic heterocycles. The topological polar surface area (TPSA) is 81.4 Å². The van der Waals surface area contributed by atoms with Crippen molar-refractivity contribution in [1.82, 2.24) is 5.32 Å². The lowest BCUT2D eigenvalue weighted by atomic mass is 10.0. The fourth-order valence-electron chi connectivity index (χ4n) is 1.62. The zero-order valence-electron chi connectivity index (χ0n) is 11.3. The van der Waals surface area contributed by atoms with Crippen molar-refractivity contribution in [2.24, 2.45) is 11.7 Å². The van der Waals surface area contributed by atoms with Crippen molar-refractivity contribution < 1.29 is 14.3 Å². The number of rotatable bonds is 6. The molecule has 0 aliphatic rings. The molecule has 3 N–H and O–H groups in total. The maximum absolute atomic E-state index is 11.6. The van der Waals surface area contributed by atoms with Crippen molar-refractivity contribution in [2.75, 3.05) is 0 Å². The van der Waals surface area contributed by atoms with Gasteiger partial charge in [0.25, 0.3) is 0 Å².